The molecule has 0 spiro atoms. The van der Waals surface area contributed by atoms with Crippen molar-refractivity contribution in [2.24, 2.45) is 0 Å². The van der Waals surface area contributed by atoms with Crippen LogP contribution in [0.2, 0.25) is 0 Å². The summed E-state index contributed by atoms with van der Waals surface area (Å²) in [6.45, 7) is 8.30. The predicted octanol–water partition coefficient (Wildman–Crippen LogP) is 3.45. The summed E-state index contributed by atoms with van der Waals surface area (Å²) < 4.78 is 29.6. The van der Waals surface area contributed by atoms with Crippen molar-refractivity contribution in [3.05, 3.63) is 48.0 Å². The maximum Gasteiger partial charge on any atom is 0.280 e. The van der Waals surface area contributed by atoms with Crippen LogP contribution in [0.4, 0.5) is 23.1 Å². The van der Waals surface area contributed by atoms with Gasteiger partial charge in [-0.3, -0.25) is 4.72 Å². The molecule has 4 rings (SSSR count). The first kappa shape index (κ1) is 21.1. The van der Waals surface area contributed by atoms with E-state index >= 15 is 0 Å². The van der Waals surface area contributed by atoms with E-state index in [1.165, 1.54) is 0 Å². The van der Waals surface area contributed by atoms with E-state index in [-0.39, 0.29) is 5.03 Å². The fraction of sp³-hybridized carbons (Fsp3) is 0.381. The second kappa shape index (κ2) is 8.54. The van der Waals surface area contributed by atoms with E-state index in [4.69, 9.17) is 0 Å². The van der Waals surface area contributed by atoms with Gasteiger partial charge in [0.1, 0.15) is 11.6 Å². The Kier molecular flexibility index (Phi) is 5.81. The number of imidazole rings is 1. The zero-order valence-corrected chi connectivity index (χ0v) is 18.8. The van der Waals surface area contributed by atoms with Crippen LogP contribution in [0.15, 0.2) is 41.6 Å². The van der Waals surface area contributed by atoms with Gasteiger partial charge in [0.05, 0.1) is 0 Å². The lowest BCUT2D eigenvalue weighted by molar-refractivity contribution is 0.598. The van der Waals surface area contributed by atoms with Crippen LogP contribution in [0.25, 0.3) is 0 Å². The smallest absolute Gasteiger partial charge is 0.280 e. The number of hydrogen-bond donors (Lipinski definition) is 2. The first-order chi connectivity index (χ1) is 14.8. The molecule has 0 aliphatic carbocycles. The summed E-state index contributed by atoms with van der Waals surface area (Å²) in [6.07, 6.45) is 3.87. The molecule has 0 unspecified atom stereocenters. The Morgan fingerprint density at radius 3 is 2.32 bits per heavy atom. The Balaban J connectivity index is 1.47. The van der Waals surface area contributed by atoms with Gasteiger partial charge in [-0.05, 0) is 57.9 Å². The summed E-state index contributed by atoms with van der Waals surface area (Å²) in [7, 11) is -3.75. The minimum Gasteiger partial charge on any atom is -0.341 e. The molecule has 31 heavy (non-hydrogen) atoms. The molecule has 164 valence electrons. The van der Waals surface area contributed by atoms with Crippen molar-refractivity contribution in [2.45, 2.75) is 45.2 Å². The van der Waals surface area contributed by atoms with Crippen LogP contribution >= 0.6 is 0 Å². The molecular formula is C21H27N7O2S. The average molecular weight is 442 g/mol. The minimum absolute atomic E-state index is 0.0138. The van der Waals surface area contributed by atoms with Gasteiger partial charge in [-0.15, -0.1) is 0 Å². The Hall–Kier alpha value is -3.14. The first-order valence-electron chi connectivity index (χ1n) is 10.4. The number of hydrogen-bond acceptors (Lipinski definition) is 7. The van der Waals surface area contributed by atoms with Crippen LogP contribution in [0.1, 0.15) is 31.3 Å². The van der Waals surface area contributed by atoms with E-state index in [2.05, 4.69) is 29.9 Å². The summed E-state index contributed by atoms with van der Waals surface area (Å²) in [5.74, 6) is 2.12. The van der Waals surface area contributed by atoms with Crippen LogP contribution in [0, 0.1) is 13.8 Å². The Labute approximate surface area is 182 Å². The van der Waals surface area contributed by atoms with E-state index in [0.717, 1.165) is 43.3 Å². The number of nitrogens with one attached hydrogen (secondary N) is 2. The molecule has 2 N–H and O–H groups in total. The summed E-state index contributed by atoms with van der Waals surface area (Å²) in [5.41, 5.74) is 2.16. The highest BCUT2D eigenvalue weighted by Gasteiger charge is 2.19. The van der Waals surface area contributed by atoms with Gasteiger partial charge in [-0.2, -0.15) is 13.4 Å². The van der Waals surface area contributed by atoms with E-state index in [0.29, 0.717) is 23.9 Å². The molecule has 2 aromatic heterocycles. The van der Waals surface area contributed by atoms with Crippen LogP contribution in [0.5, 0.6) is 0 Å². The predicted molar refractivity (Wildman–Crippen MR) is 121 cm³/mol. The van der Waals surface area contributed by atoms with Gasteiger partial charge in [0, 0.05) is 49.0 Å². The molecule has 10 heteroatoms. The van der Waals surface area contributed by atoms with Gasteiger partial charge in [0.2, 0.25) is 5.95 Å². The monoisotopic (exact) mass is 441 g/mol. The van der Waals surface area contributed by atoms with Crippen LogP contribution < -0.4 is 14.9 Å². The molecule has 1 aliphatic rings. The molecule has 3 heterocycles. The van der Waals surface area contributed by atoms with Crippen molar-refractivity contribution in [3.63, 3.8) is 0 Å². The summed E-state index contributed by atoms with van der Waals surface area (Å²) in [5, 5.41) is 3.29. The SMILES string of the molecule is CCn1cc(S(=O)(=O)Nc2ccc(Nc3cc(C)nc(N4CCCC4)n3)cc2)nc1C. The fourth-order valence-electron chi connectivity index (χ4n) is 3.58. The molecule has 0 bridgehead atoms. The highest BCUT2D eigenvalue weighted by atomic mass is 32.2. The van der Waals surface area contributed by atoms with E-state index in [1.54, 1.807) is 42.0 Å². The Morgan fingerprint density at radius 1 is 1.00 bits per heavy atom. The summed E-state index contributed by atoms with van der Waals surface area (Å²) in [4.78, 5) is 15.5. The van der Waals surface area contributed by atoms with Gasteiger partial charge >= 0.3 is 0 Å². The van der Waals surface area contributed by atoms with Crippen molar-refractivity contribution < 1.29 is 8.42 Å². The lowest BCUT2D eigenvalue weighted by Crippen LogP contribution is -2.21. The molecular weight excluding hydrogens is 414 g/mol. The Bertz CT molecular complexity index is 1170. The number of rotatable bonds is 7. The molecule has 1 saturated heterocycles. The molecule has 0 amide bonds. The maximum atomic E-state index is 12.6. The second-order valence-corrected chi connectivity index (χ2v) is 9.24. The quantitative estimate of drug-likeness (QED) is 0.578. The Morgan fingerprint density at radius 2 is 1.68 bits per heavy atom. The number of nitrogens with zero attached hydrogens (tertiary/aromatic N) is 5. The molecule has 0 saturated carbocycles. The van der Waals surface area contributed by atoms with Gasteiger partial charge in [-0.25, -0.2) is 9.97 Å². The lowest BCUT2D eigenvalue weighted by Gasteiger charge is -2.17. The summed E-state index contributed by atoms with van der Waals surface area (Å²) >= 11 is 0. The van der Waals surface area contributed by atoms with E-state index < -0.39 is 10.0 Å². The fourth-order valence-corrected chi connectivity index (χ4v) is 4.65. The van der Waals surface area contributed by atoms with Crippen molar-refractivity contribution in [1.29, 1.82) is 0 Å². The largest absolute Gasteiger partial charge is 0.341 e. The number of benzene rings is 1. The van der Waals surface area contributed by atoms with Crippen molar-refractivity contribution in [1.82, 2.24) is 19.5 Å². The number of aromatic nitrogens is 4. The average Bonchev–Trinajstić information content (AvgIpc) is 3.39. The van der Waals surface area contributed by atoms with Crippen molar-refractivity contribution >= 4 is 33.2 Å². The van der Waals surface area contributed by atoms with Crippen molar-refractivity contribution in [3.8, 4) is 0 Å². The zero-order chi connectivity index (χ0) is 22.0. The lowest BCUT2D eigenvalue weighted by atomic mass is 10.3. The third-order valence-corrected chi connectivity index (χ3v) is 6.46. The van der Waals surface area contributed by atoms with Crippen LogP contribution in [0.3, 0.4) is 0 Å². The zero-order valence-electron chi connectivity index (χ0n) is 18.0. The van der Waals surface area contributed by atoms with Crippen LogP contribution in [-0.2, 0) is 16.6 Å². The number of anilines is 4. The van der Waals surface area contributed by atoms with E-state index in [9.17, 15) is 8.42 Å². The standard InChI is InChI=1S/C21H27N7O2S/c1-4-27-14-20(23-16(27)3)31(29,30)26-18-9-7-17(8-10-18)24-19-13-15(2)22-21(25-19)28-11-5-6-12-28/h7-10,13-14,26H,4-6,11-12H2,1-3H3,(H,22,24,25). The highest BCUT2D eigenvalue weighted by Crippen LogP contribution is 2.23. The normalized spacial score (nSPS) is 14.1. The number of sulfonamides is 1. The molecule has 9 nitrogen and oxygen atoms in total. The third kappa shape index (κ3) is 4.79. The highest BCUT2D eigenvalue weighted by molar-refractivity contribution is 7.92. The molecule has 0 radical (unpaired) electrons. The number of aryl methyl sites for hydroxylation is 3. The summed E-state index contributed by atoms with van der Waals surface area (Å²) in [6, 6.07) is 8.92. The molecule has 1 aliphatic heterocycles. The molecule has 1 fully saturated rings. The maximum absolute atomic E-state index is 12.6. The molecule has 0 atom stereocenters. The topological polar surface area (TPSA) is 105 Å². The third-order valence-electron chi connectivity index (χ3n) is 5.21. The molecule has 1 aromatic carbocycles. The first-order valence-corrected chi connectivity index (χ1v) is 11.9. The second-order valence-electron chi connectivity index (χ2n) is 7.61. The molecule has 3 aromatic rings. The van der Waals surface area contributed by atoms with Crippen LogP contribution in [-0.4, -0.2) is 41.0 Å². The van der Waals surface area contributed by atoms with Crippen molar-refractivity contribution in [2.75, 3.05) is 28.0 Å². The van der Waals surface area contributed by atoms with Gasteiger partial charge in [-0.1, -0.05) is 0 Å². The van der Waals surface area contributed by atoms with Gasteiger partial charge in [0.15, 0.2) is 5.03 Å². The minimum atomic E-state index is -3.75. The van der Waals surface area contributed by atoms with Gasteiger partial charge in [0.25, 0.3) is 10.0 Å². The van der Waals surface area contributed by atoms with Gasteiger partial charge < -0.3 is 14.8 Å². The van der Waals surface area contributed by atoms with E-state index in [1.807, 2.05) is 19.9 Å².